The first-order valence-corrected chi connectivity index (χ1v) is 5.26. The minimum Gasteiger partial charge on any atom is -0.481 e. The smallest absolute Gasteiger partial charge is 0.303 e. The Morgan fingerprint density at radius 2 is 0.650 bits per heavy atom. The average Bonchev–Trinajstić information content (AvgIpc) is 2.35. The number of carboxylic acids is 4. The topological polar surface area (TPSA) is 190 Å². The molecule has 0 aromatic heterocycles. The van der Waals surface area contributed by atoms with Crippen LogP contribution in [0.3, 0.4) is 0 Å². The van der Waals surface area contributed by atoms with Gasteiger partial charge in [-0.15, -0.1) is 0 Å². The van der Waals surface area contributed by atoms with E-state index in [4.69, 9.17) is 30.6 Å². The molecule has 0 fully saturated rings. The Morgan fingerprint density at radius 1 is 0.500 bits per heavy atom. The van der Waals surface area contributed by atoms with E-state index >= 15 is 0 Å². The van der Waals surface area contributed by atoms with E-state index in [0.29, 0.717) is 0 Å². The molecule has 0 atom stereocenters. The van der Waals surface area contributed by atoms with Crippen LogP contribution in [0.5, 0.6) is 0 Å². The third-order valence-corrected chi connectivity index (χ3v) is 1.21. The van der Waals surface area contributed by atoms with E-state index < -0.39 is 23.9 Å². The maximum absolute atomic E-state index is 9.64. The van der Waals surface area contributed by atoms with Crippen LogP contribution in [0.15, 0.2) is 0 Å². The zero-order chi connectivity index (χ0) is 16.6. The highest BCUT2D eigenvalue weighted by molar-refractivity contribution is 5.75. The summed E-state index contributed by atoms with van der Waals surface area (Å²) < 4.78 is 0. The van der Waals surface area contributed by atoms with Gasteiger partial charge in [-0.3, -0.25) is 19.2 Å². The quantitative estimate of drug-likeness (QED) is 0.334. The molecule has 0 unspecified atom stereocenters. The number of hydrogen-bond donors (Lipinski definition) is 6. The molecule has 0 aromatic rings. The number of aliphatic hydroxyl groups excluding tert-OH is 2. The van der Waals surface area contributed by atoms with Crippen LogP contribution in [0, 0.1) is 0 Å². The van der Waals surface area contributed by atoms with E-state index in [0.717, 1.165) is 0 Å². The molecule has 10 nitrogen and oxygen atoms in total. The fourth-order valence-electron chi connectivity index (χ4n) is 0.428. The molecule has 118 valence electrons. The maximum atomic E-state index is 9.64. The van der Waals surface area contributed by atoms with Gasteiger partial charge in [0.2, 0.25) is 0 Å². The van der Waals surface area contributed by atoms with Crippen LogP contribution in [0.1, 0.15) is 25.7 Å². The third kappa shape index (κ3) is 44.7. The third-order valence-electron chi connectivity index (χ3n) is 1.21. The summed E-state index contributed by atoms with van der Waals surface area (Å²) in [4.78, 5) is 38.6. The second-order valence-electron chi connectivity index (χ2n) is 3.02. The number of aliphatic hydroxyl groups is 2. The van der Waals surface area contributed by atoms with Crippen molar-refractivity contribution in [2.75, 3.05) is 13.2 Å². The summed E-state index contributed by atoms with van der Waals surface area (Å²) in [6.45, 7) is -0.250. The van der Waals surface area contributed by atoms with Gasteiger partial charge in [0.15, 0.2) is 0 Å². The Bertz CT molecular complexity index is 240. The van der Waals surface area contributed by atoms with Gasteiger partial charge in [-0.2, -0.15) is 0 Å². The molecule has 0 saturated heterocycles. The minimum atomic E-state index is -1.08. The number of rotatable bonds is 7. The minimum absolute atomic E-state index is 0.125. The van der Waals surface area contributed by atoms with E-state index in [1.54, 1.807) is 0 Å². The van der Waals surface area contributed by atoms with Crippen molar-refractivity contribution >= 4 is 23.9 Å². The lowest BCUT2D eigenvalue weighted by molar-refractivity contribution is -0.143. The van der Waals surface area contributed by atoms with Crippen molar-refractivity contribution < 1.29 is 49.8 Å². The molecular formula is C10H18O10. The van der Waals surface area contributed by atoms with Gasteiger partial charge in [-0.25, -0.2) is 0 Å². The molecule has 0 rings (SSSR count). The molecule has 0 saturated carbocycles. The highest BCUT2D eigenvalue weighted by Gasteiger charge is 2.00. The Kier molecular flexibility index (Phi) is 19.3. The average molecular weight is 298 g/mol. The maximum Gasteiger partial charge on any atom is 0.303 e. The van der Waals surface area contributed by atoms with Crippen molar-refractivity contribution in [3.05, 3.63) is 0 Å². The fourth-order valence-corrected chi connectivity index (χ4v) is 0.428. The van der Waals surface area contributed by atoms with Crippen molar-refractivity contribution in [2.24, 2.45) is 0 Å². The van der Waals surface area contributed by atoms with Crippen molar-refractivity contribution in [1.82, 2.24) is 0 Å². The standard InChI is InChI=1S/2C4H6O4.C2H6O2/c2*5-3(6)1-2-4(7)8;3-1-2-4/h2*1-2H2,(H,5,6)(H,7,8);3-4H,1-2H2. The summed E-state index contributed by atoms with van der Waals surface area (Å²) in [5, 5.41) is 46.8. The molecule has 10 heteroatoms. The number of carboxylic acid groups (broad SMARTS) is 4. The Hall–Kier alpha value is -2.20. The summed E-state index contributed by atoms with van der Waals surface area (Å²) in [7, 11) is 0. The molecule has 0 radical (unpaired) electrons. The van der Waals surface area contributed by atoms with Gasteiger partial charge in [0.25, 0.3) is 0 Å². The summed E-state index contributed by atoms with van der Waals surface area (Å²) in [5.41, 5.74) is 0. The van der Waals surface area contributed by atoms with Crippen molar-refractivity contribution in [3.63, 3.8) is 0 Å². The largest absolute Gasteiger partial charge is 0.481 e. The second-order valence-corrected chi connectivity index (χ2v) is 3.02. The molecule has 0 aliphatic carbocycles. The van der Waals surface area contributed by atoms with Crippen LogP contribution >= 0.6 is 0 Å². The molecule has 0 spiro atoms. The Labute approximate surface area is 113 Å². The van der Waals surface area contributed by atoms with Gasteiger partial charge < -0.3 is 30.6 Å². The molecule has 0 aromatic carbocycles. The molecule has 0 aliphatic heterocycles. The first-order valence-electron chi connectivity index (χ1n) is 5.26. The van der Waals surface area contributed by atoms with Gasteiger partial charge in [-0.05, 0) is 0 Å². The van der Waals surface area contributed by atoms with Gasteiger partial charge in [-0.1, -0.05) is 0 Å². The van der Waals surface area contributed by atoms with E-state index in [2.05, 4.69) is 0 Å². The molecule has 0 amide bonds. The zero-order valence-corrected chi connectivity index (χ0v) is 10.6. The lowest BCUT2D eigenvalue weighted by atomic mass is 10.3. The molecule has 20 heavy (non-hydrogen) atoms. The molecule has 0 bridgehead atoms. The lowest BCUT2D eigenvalue weighted by Gasteiger charge is -1.85. The van der Waals surface area contributed by atoms with Crippen LogP contribution in [0.25, 0.3) is 0 Å². The lowest BCUT2D eigenvalue weighted by Crippen LogP contribution is -2.00. The van der Waals surface area contributed by atoms with Crippen LogP contribution in [-0.4, -0.2) is 67.7 Å². The van der Waals surface area contributed by atoms with Gasteiger partial charge in [0.05, 0.1) is 38.9 Å². The molecule has 0 aliphatic rings. The van der Waals surface area contributed by atoms with Crippen molar-refractivity contribution in [3.8, 4) is 0 Å². The van der Waals surface area contributed by atoms with Crippen LogP contribution < -0.4 is 0 Å². The summed E-state index contributed by atoms with van der Waals surface area (Å²) in [5.74, 6) is -4.31. The Morgan fingerprint density at radius 3 is 0.700 bits per heavy atom. The number of hydrogen-bond acceptors (Lipinski definition) is 6. The highest BCUT2D eigenvalue weighted by atomic mass is 16.4. The summed E-state index contributed by atoms with van der Waals surface area (Å²) in [6.07, 6.45) is -1.19. The normalized spacial score (nSPS) is 8.30. The SMILES string of the molecule is O=C(O)CCC(=O)O.O=C(O)CCC(=O)O.OCCO. The first kappa shape index (κ1) is 22.9. The molecular weight excluding hydrogens is 280 g/mol. The number of carbonyl (C=O) groups is 4. The second kappa shape index (κ2) is 16.8. The first-order chi connectivity index (χ1) is 9.17. The molecule has 0 heterocycles. The van der Waals surface area contributed by atoms with E-state index in [-0.39, 0.29) is 38.9 Å². The Balaban J connectivity index is -0.000000230. The van der Waals surface area contributed by atoms with Gasteiger partial charge >= 0.3 is 23.9 Å². The van der Waals surface area contributed by atoms with E-state index in [1.807, 2.05) is 0 Å². The predicted molar refractivity (Wildman–Crippen MR) is 63.2 cm³/mol. The van der Waals surface area contributed by atoms with Crippen LogP contribution in [-0.2, 0) is 19.2 Å². The van der Waals surface area contributed by atoms with Crippen molar-refractivity contribution in [1.29, 1.82) is 0 Å². The number of aliphatic carboxylic acids is 4. The van der Waals surface area contributed by atoms with Crippen LogP contribution in [0.2, 0.25) is 0 Å². The van der Waals surface area contributed by atoms with Crippen molar-refractivity contribution in [2.45, 2.75) is 25.7 Å². The highest BCUT2D eigenvalue weighted by Crippen LogP contribution is 1.86. The fraction of sp³-hybridized carbons (Fsp3) is 0.600. The summed E-state index contributed by atoms with van der Waals surface area (Å²) in [6, 6.07) is 0. The molecule has 6 N–H and O–H groups in total. The summed E-state index contributed by atoms with van der Waals surface area (Å²) >= 11 is 0. The van der Waals surface area contributed by atoms with E-state index in [1.165, 1.54) is 0 Å². The van der Waals surface area contributed by atoms with Crippen LogP contribution in [0.4, 0.5) is 0 Å². The predicted octanol–water partition coefficient (Wildman–Crippen LogP) is -1.16. The zero-order valence-electron chi connectivity index (χ0n) is 10.6. The van der Waals surface area contributed by atoms with Gasteiger partial charge in [0.1, 0.15) is 0 Å². The van der Waals surface area contributed by atoms with Gasteiger partial charge in [0, 0.05) is 0 Å². The monoisotopic (exact) mass is 298 g/mol. The van der Waals surface area contributed by atoms with E-state index in [9.17, 15) is 19.2 Å².